The number of rotatable bonds is 18. The molecule has 1 heterocycles. The van der Waals surface area contributed by atoms with Crippen molar-refractivity contribution in [2.75, 3.05) is 39.6 Å². The van der Waals surface area contributed by atoms with E-state index in [9.17, 15) is 15.0 Å². The van der Waals surface area contributed by atoms with Gasteiger partial charge in [0.25, 0.3) is 0 Å². The quantitative estimate of drug-likeness (QED) is 0.140. The Kier molecular flexibility index (Phi) is 12.3. The first kappa shape index (κ1) is 29.4. The molecule has 2 atom stereocenters. The van der Waals surface area contributed by atoms with Crippen LogP contribution in [0.5, 0.6) is 5.75 Å². The van der Waals surface area contributed by atoms with Crippen molar-refractivity contribution in [3.8, 4) is 17.1 Å². The van der Waals surface area contributed by atoms with Gasteiger partial charge in [-0.05, 0) is 36.6 Å². The van der Waals surface area contributed by atoms with E-state index in [1.807, 2.05) is 24.3 Å². The predicted octanol–water partition coefficient (Wildman–Crippen LogP) is 4.70. The molecule has 0 radical (unpaired) electrons. The second-order valence-corrected chi connectivity index (χ2v) is 9.07. The van der Waals surface area contributed by atoms with Crippen LogP contribution in [0.2, 0.25) is 0 Å². The molecule has 0 bridgehead atoms. The number of unbranched alkanes of at least 4 members (excludes halogenated alkanes) is 2. The molecule has 0 aliphatic heterocycles. The van der Waals surface area contributed by atoms with Gasteiger partial charge >= 0.3 is 5.97 Å². The minimum absolute atomic E-state index is 0.000769. The van der Waals surface area contributed by atoms with Gasteiger partial charge in [0.05, 0.1) is 26.4 Å². The largest absolute Gasteiger partial charge is 0.491 e. The number of ether oxygens (including phenoxy) is 4. The summed E-state index contributed by atoms with van der Waals surface area (Å²) in [7, 11) is 0. The zero-order valence-electron chi connectivity index (χ0n) is 22.0. The standard InChI is InChI=1S/C30H38O8/c1-3-5-6-7-22-8-10-23(11-9-22)28-16-24-12-13-27(17-29(24)38-28)36-20-25(31)18-34-14-15-35-19-26(32)21-37-30(33)4-2/h4,8-13,16-17,25-26,31-32H,2-3,5-7,14-15,18-21H2,1H3. The van der Waals surface area contributed by atoms with Crippen LogP contribution in [0.25, 0.3) is 22.3 Å². The summed E-state index contributed by atoms with van der Waals surface area (Å²) in [5.41, 5.74) is 3.09. The highest BCUT2D eigenvalue weighted by molar-refractivity contribution is 5.84. The van der Waals surface area contributed by atoms with E-state index in [1.165, 1.54) is 24.8 Å². The lowest BCUT2D eigenvalue weighted by Gasteiger charge is -2.14. The van der Waals surface area contributed by atoms with Crippen LogP contribution < -0.4 is 4.74 Å². The molecular formula is C30H38O8. The average molecular weight is 527 g/mol. The van der Waals surface area contributed by atoms with Crippen molar-refractivity contribution in [1.82, 2.24) is 0 Å². The van der Waals surface area contributed by atoms with E-state index in [0.717, 1.165) is 29.2 Å². The van der Waals surface area contributed by atoms with Gasteiger partial charge in [-0.2, -0.15) is 0 Å². The van der Waals surface area contributed by atoms with Crippen LogP contribution in [0, 0.1) is 0 Å². The van der Waals surface area contributed by atoms with Crippen molar-refractivity contribution in [1.29, 1.82) is 0 Å². The molecule has 206 valence electrons. The zero-order chi connectivity index (χ0) is 27.2. The minimum atomic E-state index is -0.929. The Balaban J connectivity index is 1.36. The lowest BCUT2D eigenvalue weighted by Crippen LogP contribution is -2.26. The van der Waals surface area contributed by atoms with Gasteiger partial charge < -0.3 is 33.6 Å². The Hall–Kier alpha value is -3.17. The molecule has 8 nitrogen and oxygen atoms in total. The molecule has 2 N–H and O–H groups in total. The third kappa shape index (κ3) is 9.95. The molecule has 0 saturated carbocycles. The number of fused-ring (bicyclic) bond motifs is 1. The van der Waals surface area contributed by atoms with Crippen molar-refractivity contribution in [3.05, 3.63) is 66.7 Å². The van der Waals surface area contributed by atoms with Crippen LogP contribution in [0.1, 0.15) is 31.7 Å². The molecule has 0 saturated heterocycles. The van der Waals surface area contributed by atoms with Crippen LogP contribution in [-0.2, 0) is 25.4 Å². The summed E-state index contributed by atoms with van der Waals surface area (Å²) in [4.78, 5) is 10.9. The highest BCUT2D eigenvalue weighted by Gasteiger charge is 2.11. The fraction of sp³-hybridized carbons (Fsp3) is 0.433. The SMILES string of the molecule is C=CC(=O)OCC(O)COCCOCC(O)COc1ccc2cc(-c3ccc(CCCCC)cc3)oc2c1. The third-order valence-electron chi connectivity index (χ3n) is 5.82. The summed E-state index contributed by atoms with van der Waals surface area (Å²) in [5, 5.41) is 20.8. The molecule has 0 spiro atoms. The molecule has 0 fully saturated rings. The normalized spacial score (nSPS) is 12.8. The first-order chi connectivity index (χ1) is 18.5. The molecule has 1 aromatic heterocycles. The third-order valence-corrected chi connectivity index (χ3v) is 5.82. The topological polar surface area (TPSA) is 108 Å². The van der Waals surface area contributed by atoms with Gasteiger partial charge in [0.2, 0.25) is 0 Å². The molecule has 38 heavy (non-hydrogen) atoms. The number of carbonyl (C=O) groups excluding carboxylic acids is 1. The number of aliphatic hydroxyl groups is 2. The predicted molar refractivity (Wildman–Crippen MR) is 145 cm³/mol. The Morgan fingerprint density at radius 2 is 1.66 bits per heavy atom. The van der Waals surface area contributed by atoms with E-state index in [2.05, 4.69) is 37.8 Å². The maximum atomic E-state index is 10.9. The summed E-state index contributed by atoms with van der Waals surface area (Å²) in [6.45, 7) is 5.91. The second kappa shape index (κ2) is 15.9. The van der Waals surface area contributed by atoms with Gasteiger partial charge in [-0.1, -0.05) is 50.6 Å². The van der Waals surface area contributed by atoms with Crippen LogP contribution in [0.15, 0.2) is 65.6 Å². The van der Waals surface area contributed by atoms with Gasteiger partial charge in [-0.25, -0.2) is 4.79 Å². The molecule has 2 unspecified atom stereocenters. The number of hydrogen-bond acceptors (Lipinski definition) is 8. The van der Waals surface area contributed by atoms with Gasteiger partial charge in [0, 0.05) is 23.1 Å². The van der Waals surface area contributed by atoms with Gasteiger partial charge in [-0.15, -0.1) is 0 Å². The highest BCUT2D eigenvalue weighted by Crippen LogP contribution is 2.30. The van der Waals surface area contributed by atoms with E-state index < -0.39 is 18.2 Å². The maximum absolute atomic E-state index is 10.9. The number of carbonyl (C=O) groups is 1. The smallest absolute Gasteiger partial charge is 0.330 e. The molecule has 0 amide bonds. The summed E-state index contributed by atoms with van der Waals surface area (Å²) in [6, 6.07) is 16.1. The molecule has 3 aromatic rings. The van der Waals surface area contributed by atoms with Crippen LogP contribution in [0.4, 0.5) is 0 Å². The number of furan rings is 1. The Bertz CT molecular complexity index is 1120. The number of benzene rings is 2. The van der Waals surface area contributed by atoms with Gasteiger partial charge in [0.1, 0.15) is 42.5 Å². The maximum Gasteiger partial charge on any atom is 0.330 e. The lowest BCUT2D eigenvalue weighted by atomic mass is 10.0. The fourth-order valence-corrected chi connectivity index (χ4v) is 3.74. The van der Waals surface area contributed by atoms with Crippen molar-refractivity contribution in [3.63, 3.8) is 0 Å². The van der Waals surface area contributed by atoms with Crippen LogP contribution in [-0.4, -0.2) is 68.0 Å². The summed E-state index contributed by atoms with van der Waals surface area (Å²) >= 11 is 0. The Morgan fingerprint density at radius 1 is 0.947 bits per heavy atom. The van der Waals surface area contributed by atoms with E-state index in [-0.39, 0.29) is 39.6 Å². The summed E-state index contributed by atoms with van der Waals surface area (Å²) in [6.07, 6.45) is 4.05. The number of aryl methyl sites for hydroxylation is 1. The zero-order valence-corrected chi connectivity index (χ0v) is 22.0. The highest BCUT2D eigenvalue weighted by atomic mass is 16.6. The first-order valence-corrected chi connectivity index (χ1v) is 13.0. The van der Waals surface area contributed by atoms with Crippen LogP contribution in [0.3, 0.4) is 0 Å². The van der Waals surface area contributed by atoms with E-state index in [1.54, 1.807) is 0 Å². The van der Waals surface area contributed by atoms with Crippen molar-refractivity contribution in [2.45, 2.75) is 44.8 Å². The Morgan fingerprint density at radius 3 is 2.34 bits per heavy atom. The molecular weight excluding hydrogens is 488 g/mol. The number of esters is 1. The second-order valence-electron chi connectivity index (χ2n) is 9.07. The molecule has 8 heteroatoms. The van der Waals surface area contributed by atoms with Crippen LogP contribution >= 0.6 is 0 Å². The minimum Gasteiger partial charge on any atom is -0.491 e. The van der Waals surface area contributed by atoms with Crippen molar-refractivity contribution in [2.24, 2.45) is 0 Å². The first-order valence-electron chi connectivity index (χ1n) is 13.0. The van der Waals surface area contributed by atoms with Crippen molar-refractivity contribution >= 4 is 16.9 Å². The lowest BCUT2D eigenvalue weighted by molar-refractivity contribution is -0.142. The molecule has 2 aromatic carbocycles. The van der Waals surface area contributed by atoms with Gasteiger partial charge in [0.15, 0.2) is 0 Å². The number of hydrogen-bond donors (Lipinski definition) is 2. The van der Waals surface area contributed by atoms with Gasteiger partial charge in [-0.3, -0.25) is 0 Å². The van der Waals surface area contributed by atoms with E-state index in [4.69, 9.17) is 23.4 Å². The Labute approximate surface area is 223 Å². The van der Waals surface area contributed by atoms with E-state index in [0.29, 0.717) is 11.3 Å². The van der Waals surface area contributed by atoms with E-state index >= 15 is 0 Å². The summed E-state index contributed by atoms with van der Waals surface area (Å²) < 4.78 is 27.1. The molecule has 0 aliphatic rings. The molecule has 3 rings (SSSR count). The number of aliphatic hydroxyl groups excluding tert-OH is 2. The molecule has 0 aliphatic carbocycles. The average Bonchev–Trinajstić information content (AvgIpc) is 3.36. The van der Waals surface area contributed by atoms with Crippen molar-refractivity contribution < 1.29 is 38.4 Å². The fourth-order valence-electron chi connectivity index (χ4n) is 3.74. The monoisotopic (exact) mass is 526 g/mol. The summed E-state index contributed by atoms with van der Waals surface area (Å²) in [5.74, 6) is 0.799.